The monoisotopic (exact) mass is 634 g/mol. The zero-order valence-corrected chi connectivity index (χ0v) is 26.0. The Balaban J connectivity index is 1.40. The molecule has 0 atom stereocenters. The molecule has 8 nitrogen and oxygen atoms in total. The van der Waals surface area contributed by atoms with E-state index in [0.717, 1.165) is 55.0 Å². The van der Waals surface area contributed by atoms with Crippen molar-refractivity contribution < 1.29 is 0 Å². The average Bonchev–Trinajstić information content (AvgIpc) is 3.68. The van der Waals surface area contributed by atoms with E-state index >= 15 is 0 Å². The molecular weight excluding hydrogens is 617 g/mol. The Hall–Kier alpha value is -8.14. The van der Waals surface area contributed by atoms with E-state index in [1.807, 2.05) is 81.9 Å². The highest BCUT2D eigenvalue weighted by Crippen LogP contribution is 2.38. The number of nitrogens with zero attached hydrogens (tertiary/aromatic N) is 8. The van der Waals surface area contributed by atoms with E-state index in [0.29, 0.717) is 44.5 Å². The third-order valence-corrected chi connectivity index (χ3v) is 9.10. The van der Waals surface area contributed by atoms with E-state index in [2.05, 4.69) is 36.4 Å². The minimum atomic E-state index is 0.376. The molecule has 0 spiro atoms. The number of benzene rings is 6. The maximum atomic E-state index is 10.3. The maximum absolute atomic E-state index is 10.3. The summed E-state index contributed by atoms with van der Waals surface area (Å²) in [5, 5.41) is 62.3. The average molecular weight is 635 g/mol. The van der Waals surface area contributed by atoms with Crippen molar-refractivity contribution in [3.63, 3.8) is 0 Å². The van der Waals surface area contributed by atoms with Crippen molar-refractivity contribution >= 4 is 43.6 Å². The fourth-order valence-corrected chi connectivity index (χ4v) is 6.86. The van der Waals surface area contributed by atoms with Crippen molar-refractivity contribution in [3.05, 3.63) is 143 Å². The largest absolute Gasteiger partial charge is 0.309 e. The van der Waals surface area contributed by atoms with Crippen LogP contribution >= 0.6 is 0 Å². The third-order valence-electron chi connectivity index (χ3n) is 9.10. The van der Waals surface area contributed by atoms with Gasteiger partial charge in [-0.05, 0) is 109 Å². The Morgan fingerprint density at radius 2 is 0.620 bits per heavy atom. The van der Waals surface area contributed by atoms with Crippen LogP contribution in [0.4, 0.5) is 0 Å². The van der Waals surface area contributed by atoms with E-state index < -0.39 is 0 Å². The molecule has 0 unspecified atom stereocenters. The van der Waals surface area contributed by atoms with Gasteiger partial charge in [-0.3, -0.25) is 0 Å². The summed E-state index contributed by atoms with van der Waals surface area (Å²) in [6.07, 6.45) is 0. The van der Waals surface area contributed by atoms with Gasteiger partial charge in [-0.1, -0.05) is 0 Å². The first kappa shape index (κ1) is 29.3. The molecular formula is C42H18N8. The molecule has 2 heterocycles. The Morgan fingerprint density at radius 1 is 0.320 bits per heavy atom. The minimum Gasteiger partial charge on any atom is -0.309 e. The number of hydrogen-bond acceptors (Lipinski definition) is 6. The molecule has 0 amide bonds. The first-order chi connectivity index (χ1) is 24.5. The minimum absolute atomic E-state index is 0.376. The molecule has 0 fully saturated rings. The van der Waals surface area contributed by atoms with Crippen LogP contribution in [0.5, 0.6) is 0 Å². The molecule has 0 saturated heterocycles. The lowest BCUT2D eigenvalue weighted by Crippen LogP contribution is -1.99. The van der Waals surface area contributed by atoms with Crippen LogP contribution in [-0.4, -0.2) is 9.13 Å². The number of rotatable bonds is 3. The lowest BCUT2D eigenvalue weighted by Gasteiger charge is -2.15. The van der Waals surface area contributed by atoms with Crippen LogP contribution < -0.4 is 0 Å². The number of hydrogen-bond donors (Lipinski definition) is 0. The Morgan fingerprint density at radius 3 is 0.880 bits per heavy atom. The van der Waals surface area contributed by atoms with Gasteiger partial charge >= 0.3 is 0 Å². The zero-order valence-electron chi connectivity index (χ0n) is 26.0. The van der Waals surface area contributed by atoms with Crippen molar-refractivity contribution in [1.82, 2.24) is 9.13 Å². The van der Waals surface area contributed by atoms with E-state index in [1.165, 1.54) is 0 Å². The fourth-order valence-electron chi connectivity index (χ4n) is 6.86. The fraction of sp³-hybridized carbons (Fsp3) is 0. The van der Waals surface area contributed by atoms with Crippen LogP contribution in [0.1, 0.15) is 33.4 Å². The predicted octanol–water partition coefficient (Wildman–Crippen LogP) is 8.78. The predicted molar refractivity (Wildman–Crippen MR) is 189 cm³/mol. The summed E-state index contributed by atoms with van der Waals surface area (Å²) in [4.78, 5) is 0. The lowest BCUT2D eigenvalue weighted by molar-refractivity contribution is 1.17. The smallest absolute Gasteiger partial charge is 0.0998 e. The maximum Gasteiger partial charge on any atom is 0.0998 e. The molecule has 50 heavy (non-hydrogen) atoms. The summed E-state index contributed by atoms with van der Waals surface area (Å²) < 4.78 is 4.06. The van der Waals surface area contributed by atoms with Crippen molar-refractivity contribution in [1.29, 1.82) is 31.6 Å². The zero-order chi connectivity index (χ0) is 34.5. The van der Waals surface area contributed by atoms with Crippen molar-refractivity contribution in [2.75, 3.05) is 0 Å². The second-order valence-corrected chi connectivity index (χ2v) is 11.7. The van der Waals surface area contributed by atoms with Gasteiger partial charge in [-0.2, -0.15) is 31.6 Å². The SMILES string of the molecule is N#Cc1ccc2c(c1)c1cc(C#N)ccc1n2-c1ccc(C#N)c(-c2cc(-n3c4ccc(C#N)cc4c4cc(C#N)ccc43)ccc2C#N)c1. The van der Waals surface area contributed by atoms with Gasteiger partial charge in [-0.15, -0.1) is 0 Å². The molecule has 0 aliphatic carbocycles. The third kappa shape index (κ3) is 4.33. The van der Waals surface area contributed by atoms with Gasteiger partial charge in [0.2, 0.25) is 0 Å². The van der Waals surface area contributed by atoms with E-state index in [4.69, 9.17) is 0 Å². The van der Waals surface area contributed by atoms with Gasteiger partial charge < -0.3 is 9.13 Å². The van der Waals surface area contributed by atoms with E-state index in [9.17, 15) is 31.6 Å². The van der Waals surface area contributed by atoms with Gasteiger partial charge in [0, 0.05) is 44.0 Å². The molecule has 226 valence electrons. The number of nitriles is 6. The van der Waals surface area contributed by atoms with Crippen LogP contribution in [0, 0.1) is 68.0 Å². The standard InChI is InChI=1S/C42H18N8/c43-19-25-1-9-39-35(13-25)36-14-26(20-44)2-10-40(36)49(39)31-7-5-29(23-47)33(17-31)34-18-32(8-6-30(34)24-48)50-41-11-3-27(21-45)15-37(41)38-16-28(22-46)4-12-42(38)50/h1-18H. The molecule has 0 aliphatic rings. The van der Waals surface area contributed by atoms with E-state index in [-0.39, 0.29) is 0 Å². The van der Waals surface area contributed by atoms with Crippen LogP contribution in [-0.2, 0) is 0 Å². The molecule has 0 aliphatic heterocycles. The van der Waals surface area contributed by atoms with Gasteiger partial charge in [0.15, 0.2) is 0 Å². The topological polar surface area (TPSA) is 153 Å². The summed E-state index contributed by atoms with van der Waals surface area (Å²) in [5.74, 6) is 0. The second-order valence-electron chi connectivity index (χ2n) is 11.7. The van der Waals surface area contributed by atoms with Gasteiger partial charge in [-0.25, -0.2) is 0 Å². The van der Waals surface area contributed by atoms with Crippen LogP contribution in [0.3, 0.4) is 0 Å². The van der Waals surface area contributed by atoms with Crippen molar-refractivity contribution in [3.8, 4) is 58.9 Å². The van der Waals surface area contributed by atoms with Crippen LogP contribution in [0.2, 0.25) is 0 Å². The van der Waals surface area contributed by atoms with E-state index in [1.54, 1.807) is 36.4 Å². The Labute approximate surface area is 285 Å². The Bertz CT molecular complexity index is 2710. The van der Waals surface area contributed by atoms with Gasteiger partial charge in [0.1, 0.15) is 0 Å². The normalized spacial score (nSPS) is 10.7. The number of aromatic nitrogens is 2. The van der Waals surface area contributed by atoms with Gasteiger partial charge in [0.25, 0.3) is 0 Å². The molecule has 0 bridgehead atoms. The van der Waals surface area contributed by atoms with Crippen molar-refractivity contribution in [2.24, 2.45) is 0 Å². The molecule has 0 radical (unpaired) electrons. The second kappa shape index (κ2) is 11.3. The summed E-state index contributed by atoms with van der Waals surface area (Å²) in [5.41, 5.74) is 8.56. The molecule has 8 heteroatoms. The quantitative estimate of drug-likeness (QED) is 0.189. The molecule has 0 N–H and O–H groups in total. The first-order valence-electron chi connectivity index (χ1n) is 15.4. The molecule has 2 aromatic heterocycles. The molecule has 6 aromatic carbocycles. The highest BCUT2D eigenvalue weighted by molar-refractivity contribution is 6.11. The summed E-state index contributed by atoms with van der Waals surface area (Å²) in [7, 11) is 0. The summed E-state index contributed by atoms with van der Waals surface area (Å²) >= 11 is 0. The Kier molecular flexibility index (Phi) is 6.60. The first-order valence-corrected chi connectivity index (χ1v) is 15.4. The molecule has 8 rings (SSSR count). The molecule has 0 saturated carbocycles. The highest BCUT2D eigenvalue weighted by atomic mass is 15.0. The summed E-state index contributed by atoms with van der Waals surface area (Å²) in [6.45, 7) is 0. The lowest BCUT2D eigenvalue weighted by atomic mass is 9.95. The highest BCUT2D eigenvalue weighted by Gasteiger charge is 2.19. The number of fused-ring (bicyclic) bond motifs is 6. The molecule has 8 aromatic rings. The van der Waals surface area contributed by atoms with Crippen LogP contribution in [0.25, 0.3) is 66.1 Å². The van der Waals surface area contributed by atoms with Crippen LogP contribution in [0.15, 0.2) is 109 Å². The summed E-state index contributed by atoms with van der Waals surface area (Å²) in [6, 6.07) is 46.0. The van der Waals surface area contributed by atoms with Crippen molar-refractivity contribution in [2.45, 2.75) is 0 Å². The van der Waals surface area contributed by atoms with Gasteiger partial charge in [0.05, 0.1) is 91.9 Å².